The predicted molar refractivity (Wildman–Crippen MR) is 44.7 cm³/mol. The molecule has 2 N–H and O–H groups in total. The van der Waals surface area contributed by atoms with Gasteiger partial charge in [-0.05, 0) is 19.3 Å². The summed E-state index contributed by atoms with van der Waals surface area (Å²) in [6.07, 6.45) is 2.92. The number of rotatable bonds is 3. The summed E-state index contributed by atoms with van der Waals surface area (Å²) in [7, 11) is 0. The van der Waals surface area contributed by atoms with Crippen LogP contribution < -0.4 is 5.73 Å². The van der Waals surface area contributed by atoms with Gasteiger partial charge in [0.2, 0.25) is 0 Å². The van der Waals surface area contributed by atoms with E-state index in [2.05, 4.69) is 20.8 Å². The molecule has 0 fully saturated rings. The van der Waals surface area contributed by atoms with E-state index in [0.717, 1.165) is 19.3 Å². The zero-order chi connectivity index (χ0) is 6.62. The van der Waals surface area contributed by atoms with E-state index >= 15 is 0 Å². The summed E-state index contributed by atoms with van der Waals surface area (Å²) in [6, 6.07) is 0. The Morgan fingerprint density at radius 3 is 1.67 bits per heavy atom. The molecule has 9 heavy (non-hydrogen) atoms. The first-order chi connectivity index (χ1) is 3.68. The fraction of sp³-hybridized carbons (Fsp3) is 0.857. The van der Waals surface area contributed by atoms with Crippen LogP contribution in [-0.4, -0.2) is 5.54 Å². The summed E-state index contributed by atoms with van der Waals surface area (Å²) in [5, 5.41) is 0. The Balaban J connectivity index is 0. The van der Waals surface area contributed by atoms with E-state index in [9.17, 15) is 0 Å². The molecule has 0 aliphatic rings. The molecule has 1 nitrogen and oxygen atoms in total. The molecule has 0 atom stereocenters. The Labute approximate surface area is 64.4 Å². The Morgan fingerprint density at radius 1 is 1.33 bits per heavy atom. The lowest BCUT2D eigenvalue weighted by Gasteiger charge is -2.23. The minimum absolute atomic E-state index is 0. The second kappa shape index (κ2) is 5.07. The van der Waals surface area contributed by atoms with Crippen LogP contribution >= 0.6 is 12.4 Å². The molecule has 0 spiro atoms. The lowest BCUT2D eigenvalue weighted by molar-refractivity contribution is 0.399. The van der Waals surface area contributed by atoms with Gasteiger partial charge in [0.1, 0.15) is 0 Å². The van der Waals surface area contributed by atoms with E-state index < -0.39 is 0 Å². The van der Waals surface area contributed by atoms with Crippen molar-refractivity contribution in [3.63, 3.8) is 0 Å². The summed E-state index contributed by atoms with van der Waals surface area (Å²) < 4.78 is 0. The highest BCUT2D eigenvalue weighted by Gasteiger charge is 2.15. The lowest BCUT2D eigenvalue weighted by Crippen LogP contribution is -2.37. The maximum atomic E-state index is 5.83. The Bertz CT molecular complexity index is 51.7. The van der Waals surface area contributed by atoms with E-state index in [4.69, 9.17) is 5.73 Å². The van der Waals surface area contributed by atoms with Crippen LogP contribution in [0.3, 0.4) is 0 Å². The molecule has 0 aromatic heterocycles. The Hall–Kier alpha value is 0.250. The van der Waals surface area contributed by atoms with Crippen molar-refractivity contribution in [1.29, 1.82) is 0 Å². The van der Waals surface area contributed by atoms with Crippen LogP contribution in [0, 0.1) is 6.92 Å². The van der Waals surface area contributed by atoms with Gasteiger partial charge in [-0.25, -0.2) is 0 Å². The molecule has 0 rings (SSSR count). The SMILES string of the molecule is Cl.[CH2]CC(N)(CC)CC. The maximum absolute atomic E-state index is 5.83. The highest BCUT2D eigenvalue weighted by molar-refractivity contribution is 5.85. The molecule has 0 aromatic rings. The molecule has 0 unspecified atom stereocenters. The second-order valence-electron chi connectivity index (χ2n) is 2.32. The van der Waals surface area contributed by atoms with E-state index in [-0.39, 0.29) is 17.9 Å². The molecule has 0 aliphatic carbocycles. The molecule has 0 heterocycles. The molecule has 0 saturated heterocycles. The number of hydrogen-bond acceptors (Lipinski definition) is 1. The third-order valence-electron chi connectivity index (χ3n) is 1.91. The molecular formula is C7H17ClN. The van der Waals surface area contributed by atoms with Gasteiger partial charge in [-0.15, -0.1) is 12.4 Å². The van der Waals surface area contributed by atoms with Gasteiger partial charge in [0.05, 0.1) is 0 Å². The van der Waals surface area contributed by atoms with Crippen LogP contribution in [0.25, 0.3) is 0 Å². The zero-order valence-electron chi connectivity index (χ0n) is 6.31. The van der Waals surface area contributed by atoms with Crippen LogP contribution in [-0.2, 0) is 0 Å². The first kappa shape index (κ1) is 12.0. The minimum atomic E-state index is 0. The van der Waals surface area contributed by atoms with Crippen LogP contribution in [0.5, 0.6) is 0 Å². The van der Waals surface area contributed by atoms with Crippen molar-refractivity contribution in [2.24, 2.45) is 5.73 Å². The van der Waals surface area contributed by atoms with Gasteiger partial charge in [0.25, 0.3) is 0 Å². The molecule has 0 aromatic carbocycles. The molecule has 57 valence electrons. The third-order valence-corrected chi connectivity index (χ3v) is 1.91. The highest BCUT2D eigenvalue weighted by Crippen LogP contribution is 2.13. The van der Waals surface area contributed by atoms with Crippen molar-refractivity contribution < 1.29 is 0 Å². The van der Waals surface area contributed by atoms with E-state index in [1.54, 1.807) is 0 Å². The van der Waals surface area contributed by atoms with Gasteiger partial charge >= 0.3 is 0 Å². The normalized spacial score (nSPS) is 10.7. The van der Waals surface area contributed by atoms with Crippen LogP contribution in [0.1, 0.15) is 33.1 Å². The van der Waals surface area contributed by atoms with Crippen molar-refractivity contribution in [3.8, 4) is 0 Å². The van der Waals surface area contributed by atoms with Gasteiger partial charge < -0.3 is 5.73 Å². The minimum Gasteiger partial charge on any atom is -0.325 e. The Kier molecular flexibility index (Phi) is 6.74. The molecular weight excluding hydrogens is 134 g/mol. The average molecular weight is 151 g/mol. The number of halogens is 1. The second-order valence-corrected chi connectivity index (χ2v) is 2.32. The Morgan fingerprint density at radius 2 is 1.67 bits per heavy atom. The first-order valence-electron chi connectivity index (χ1n) is 3.26. The standard InChI is InChI=1S/C7H16N.ClH/c1-4-7(8,5-2)6-3;/h1,4-6,8H2,2-3H3;1H. The van der Waals surface area contributed by atoms with Crippen LogP contribution in [0.4, 0.5) is 0 Å². The summed E-state index contributed by atoms with van der Waals surface area (Å²) in [5.41, 5.74) is 5.85. The van der Waals surface area contributed by atoms with Crippen LogP contribution in [0.15, 0.2) is 0 Å². The molecule has 0 amide bonds. The molecule has 0 saturated carbocycles. The molecule has 0 aliphatic heterocycles. The topological polar surface area (TPSA) is 26.0 Å². The zero-order valence-corrected chi connectivity index (χ0v) is 7.13. The summed E-state index contributed by atoms with van der Waals surface area (Å²) >= 11 is 0. The molecule has 1 radical (unpaired) electrons. The maximum Gasteiger partial charge on any atom is 0.0149 e. The van der Waals surface area contributed by atoms with Crippen molar-refractivity contribution in [2.75, 3.05) is 0 Å². The van der Waals surface area contributed by atoms with Gasteiger partial charge in [-0.2, -0.15) is 0 Å². The molecule has 2 heteroatoms. The summed E-state index contributed by atoms with van der Waals surface area (Å²) in [5.74, 6) is 0. The smallest absolute Gasteiger partial charge is 0.0149 e. The first-order valence-corrected chi connectivity index (χ1v) is 3.26. The lowest BCUT2D eigenvalue weighted by atomic mass is 9.92. The summed E-state index contributed by atoms with van der Waals surface area (Å²) in [6.45, 7) is 7.99. The van der Waals surface area contributed by atoms with Gasteiger partial charge in [-0.3, -0.25) is 0 Å². The highest BCUT2D eigenvalue weighted by atomic mass is 35.5. The van der Waals surface area contributed by atoms with Crippen LogP contribution in [0.2, 0.25) is 0 Å². The summed E-state index contributed by atoms with van der Waals surface area (Å²) in [4.78, 5) is 0. The predicted octanol–water partition coefficient (Wildman–Crippen LogP) is 2.15. The quantitative estimate of drug-likeness (QED) is 0.656. The fourth-order valence-electron chi connectivity index (χ4n) is 0.604. The average Bonchev–Trinajstić information content (AvgIpc) is 1.87. The number of nitrogens with two attached hydrogens (primary N) is 1. The number of hydrogen-bond donors (Lipinski definition) is 1. The van der Waals surface area contributed by atoms with Crippen molar-refractivity contribution in [1.82, 2.24) is 0 Å². The van der Waals surface area contributed by atoms with Crippen molar-refractivity contribution in [2.45, 2.75) is 38.6 Å². The largest absolute Gasteiger partial charge is 0.325 e. The van der Waals surface area contributed by atoms with Gasteiger partial charge in [0.15, 0.2) is 0 Å². The van der Waals surface area contributed by atoms with E-state index in [1.165, 1.54) is 0 Å². The van der Waals surface area contributed by atoms with Crippen molar-refractivity contribution >= 4 is 12.4 Å². The fourth-order valence-corrected chi connectivity index (χ4v) is 0.604. The van der Waals surface area contributed by atoms with Crippen molar-refractivity contribution in [3.05, 3.63) is 6.92 Å². The van der Waals surface area contributed by atoms with E-state index in [1.807, 2.05) is 0 Å². The van der Waals surface area contributed by atoms with Gasteiger partial charge in [0, 0.05) is 5.54 Å². The van der Waals surface area contributed by atoms with Gasteiger partial charge in [-0.1, -0.05) is 20.8 Å². The molecule has 0 bridgehead atoms. The van der Waals surface area contributed by atoms with E-state index in [0.29, 0.717) is 0 Å². The third kappa shape index (κ3) is 3.77. The monoisotopic (exact) mass is 150 g/mol.